The Hall–Kier alpha value is -1.71. The summed E-state index contributed by atoms with van der Waals surface area (Å²) in [4.78, 5) is 0. The van der Waals surface area contributed by atoms with E-state index in [4.69, 9.17) is 21.1 Å². The van der Waals surface area contributed by atoms with Gasteiger partial charge in [0.05, 0.1) is 12.1 Å². The molecule has 2 aromatic carbocycles. The molecule has 0 saturated carbocycles. The van der Waals surface area contributed by atoms with Gasteiger partial charge in [0.25, 0.3) is 0 Å². The molecule has 2 rings (SSSR count). The normalized spacial score (nSPS) is 12.0. The zero-order chi connectivity index (χ0) is 15.2. The van der Waals surface area contributed by atoms with Crippen molar-refractivity contribution in [1.29, 1.82) is 0 Å². The predicted octanol–water partition coefficient (Wildman–Crippen LogP) is 4.81. The van der Waals surface area contributed by atoms with Crippen LogP contribution >= 0.6 is 11.6 Å². The monoisotopic (exact) mass is 305 g/mol. The molecular weight excluding hydrogens is 286 g/mol. The fourth-order valence-corrected chi connectivity index (χ4v) is 2.34. The molecule has 1 unspecified atom stereocenters. The molecule has 3 nitrogen and oxygen atoms in total. The van der Waals surface area contributed by atoms with Crippen LogP contribution in [-0.2, 0) is 0 Å². The number of nitrogens with one attached hydrogen (secondary N) is 1. The molecule has 0 spiro atoms. The number of rotatable bonds is 6. The molecule has 1 N–H and O–H groups in total. The molecule has 21 heavy (non-hydrogen) atoms. The zero-order valence-electron chi connectivity index (χ0n) is 12.5. The van der Waals surface area contributed by atoms with Crippen molar-refractivity contribution in [2.24, 2.45) is 0 Å². The van der Waals surface area contributed by atoms with E-state index in [-0.39, 0.29) is 6.04 Å². The average molecular weight is 306 g/mol. The molecule has 0 aliphatic heterocycles. The summed E-state index contributed by atoms with van der Waals surface area (Å²) in [6.07, 6.45) is 0. The second-order valence-electron chi connectivity index (χ2n) is 4.72. The van der Waals surface area contributed by atoms with E-state index in [0.717, 1.165) is 12.1 Å². The molecule has 0 radical (unpaired) electrons. The van der Waals surface area contributed by atoms with Gasteiger partial charge in [-0.05, 0) is 43.3 Å². The van der Waals surface area contributed by atoms with E-state index < -0.39 is 0 Å². The number of hydrogen-bond donors (Lipinski definition) is 1. The highest BCUT2D eigenvalue weighted by molar-refractivity contribution is 6.32. The number of ether oxygens (including phenoxy) is 2. The summed E-state index contributed by atoms with van der Waals surface area (Å²) in [5, 5.41) is 3.94. The first kappa shape index (κ1) is 15.7. The van der Waals surface area contributed by atoms with Gasteiger partial charge in [0.15, 0.2) is 11.5 Å². The van der Waals surface area contributed by atoms with E-state index in [9.17, 15) is 0 Å². The van der Waals surface area contributed by atoms with E-state index >= 15 is 0 Å². The van der Waals surface area contributed by atoms with Crippen LogP contribution in [0.4, 0.5) is 0 Å². The fourth-order valence-electron chi connectivity index (χ4n) is 2.11. The molecule has 0 saturated heterocycles. The topological polar surface area (TPSA) is 30.5 Å². The Morgan fingerprint density at radius 3 is 2.43 bits per heavy atom. The van der Waals surface area contributed by atoms with Crippen molar-refractivity contribution in [1.82, 2.24) is 5.32 Å². The highest BCUT2D eigenvalue weighted by atomic mass is 35.5. The lowest BCUT2D eigenvalue weighted by atomic mass is 10.1. The van der Waals surface area contributed by atoms with E-state index in [0.29, 0.717) is 22.3 Å². The van der Waals surface area contributed by atoms with Crippen molar-refractivity contribution >= 4 is 11.6 Å². The van der Waals surface area contributed by atoms with Crippen molar-refractivity contribution in [2.75, 3.05) is 13.7 Å². The summed E-state index contributed by atoms with van der Waals surface area (Å²) in [7, 11) is 1.62. The Morgan fingerprint density at radius 1 is 1.10 bits per heavy atom. The van der Waals surface area contributed by atoms with E-state index in [2.05, 4.69) is 19.2 Å². The van der Waals surface area contributed by atoms with Crippen LogP contribution in [0.5, 0.6) is 17.2 Å². The van der Waals surface area contributed by atoms with Gasteiger partial charge in [-0.2, -0.15) is 0 Å². The number of methoxy groups -OCH3 is 1. The van der Waals surface area contributed by atoms with Gasteiger partial charge >= 0.3 is 0 Å². The van der Waals surface area contributed by atoms with E-state index in [1.54, 1.807) is 7.11 Å². The average Bonchev–Trinajstić information content (AvgIpc) is 2.50. The molecule has 0 aliphatic carbocycles. The third-order valence-corrected chi connectivity index (χ3v) is 3.55. The standard InChI is InChI=1S/C17H20ClNO2/c1-4-19-12(2)13-9-10-15(14(18)11-13)21-17-8-6-5-7-16(17)20-3/h5-12,19H,4H2,1-3H3. The Kier molecular flexibility index (Phi) is 5.48. The third kappa shape index (κ3) is 3.90. The Labute approximate surface area is 130 Å². The van der Waals surface area contributed by atoms with Crippen LogP contribution in [-0.4, -0.2) is 13.7 Å². The Balaban J connectivity index is 2.21. The first-order valence-corrected chi connectivity index (χ1v) is 7.37. The summed E-state index contributed by atoms with van der Waals surface area (Å²) >= 11 is 6.33. The summed E-state index contributed by atoms with van der Waals surface area (Å²) in [6.45, 7) is 5.10. The van der Waals surface area contributed by atoms with E-state index in [1.165, 1.54) is 0 Å². The Morgan fingerprint density at radius 2 is 1.81 bits per heavy atom. The number of halogens is 1. The zero-order valence-corrected chi connectivity index (χ0v) is 13.3. The van der Waals surface area contributed by atoms with Gasteiger partial charge < -0.3 is 14.8 Å². The maximum Gasteiger partial charge on any atom is 0.169 e. The molecule has 0 aromatic heterocycles. The quantitative estimate of drug-likeness (QED) is 0.830. The van der Waals surface area contributed by atoms with Gasteiger partial charge in [-0.25, -0.2) is 0 Å². The fraction of sp³-hybridized carbons (Fsp3) is 0.294. The van der Waals surface area contributed by atoms with E-state index in [1.807, 2.05) is 42.5 Å². The minimum absolute atomic E-state index is 0.257. The van der Waals surface area contributed by atoms with Gasteiger partial charge in [0, 0.05) is 6.04 Å². The summed E-state index contributed by atoms with van der Waals surface area (Å²) in [5.74, 6) is 1.95. The van der Waals surface area contributed by atoms with Crippen molar-refractivity contribution in [2.45, 2.75) is 19.9 Å². The molecule has 0 fully saturated rings. The lowest BCUT2D eigenvalue weighted by Gasteiger charge is -2.15. The van der Waals surface area contributed by atoms with Crippen LogP contribution in [0.1, 0.15) is 25.5 Å². The first-order chi connectivity index (χ1) is 10.2. The highest BCUT2D eigenvalue weighted by Crippen LogP contribution is 2.35. The summed E-state index contributed by atoms with van der Waals surface area (Å²) in [5.41, 5.74) is 1.13. The molecule has 4 heteroatoms. The van der Waals surface area contributed by atoms with Crippen molar-refractivity contribution in [3.8, 4) is 17.2 Å². The molecule has 0 heterocycles. The molecule has 0 amide bonds. The minimum Gasteiger partial charge on any atom is -0.493 e. The third-order valence-electron chi connectivity index (χ3n) is 3.26. The molecule has 0 bridgehead atoms. The number of benzene rings is 2. The molecule has 2 aromatic rings. The van der Waals surface area contributed by atoms with Crippen molar-refractivity contribution < 1.29 is 9.47 Å². The van der Waals surface area contributed by atoms with Crippen LogP contribution in [0.2, 0.25) is 5.02 Å². The number of para-hydroxylation sites is 2. The molecule has 1 atom stereocenters. The van der Waals surface area contributed by atoms with Gasteiger partial charge in [-0.3, -0.25) is 0 Å². The lowest BCUT2D eigenvalue weighted by molar-refractivity contribution is 0.379. The van der Waals surface area contributed by atoms with Crippen molar-refractivity contribution in [3.05, 3.63) is 53.1 Å². The lowest BCUT2D eigenvalue weighted by Crippen LogP contribution is -2.17. The highest BCUT2D eigenvalue weighted by Gasteiger charge is 2.10. The van der Waals surface area contributed by atoms with Crippen LogP contribution in [0, 0.1) is 0 Å². The van der Waals surface area contributed by atoms with Gasteiger partial charge in [-0.1, -0.05) is 36.7 Å². The molecule has 0 aliphatic rings. The van der Waals surface area contributed by atoms with Crippen LogP contribution < -0.4 is 14.8 Å². The second-order valence-corrected chi connectivity index (χ2v) is 5.13. The SMILES string of the molecule is CCNC(C)c1ccc(Oc2ccccc2OC)c(Cl)c1. The van der Waals surface area contributed by atoms with Crippen LogP contribution in [0.3, 0.4) is 0 Å². The summed E-state index contributed by atoms with van der Waals surface area (Å²) < 4.78 is 11.1. The largest absolute Gasteiger partial charge is 0.493 e. The van der Waals surface area contributed by atoms with Gasteiger partial charge in [0.2, 0.25) is 0 Å². The van der Waals surface area contributed by atoms with Gasteiger partial charge in [-0.15, -0.1) is 0 Å². The maximum absolute atomic E-state index is 6.33. The maximum atomic E-state index is 6.33. The smallest absolute Gasteiger partial charge is 0.169 e. The molecule has 112 valence electrons. The first-order valence-electron chi connectivity index (χ1n) is 6.99. The predicted molar refractivity (Wildman–Crippen MR) is 86.6 cm³/mol. The van der Waals surface area contributed by atoms with Crippen LogP contribution in [0.25, 0.3) is 0 Å². The molecular formula is C17H20ClNO2. The summed E-state index contributed by atoms with van der Waals surface area (Å²) in [6, 6.07) is 13.6. The number of hydrogen-bond acceptors (Lipinski definition) is 3. The second kappa shape index (κ2) is 7.34. The minimum atomic E-state index is 0.257. The van der Waals surface area contributed by atoms with Gasteiger partial charge in [0.1, 0.15) is 5.75 Å². The Bertz CT molecular complexity index is 601. The van der Waals surface area contributed by atoms with Crippen LogP contribution in [0.15, 0.2) is 42.5 Å². The van der Waals surface area contributed by atoms with Crippen molar-refractivity contribution in [3.63, 3.8) is 0 Å².